The Kier molecular flexibility index (Phi) is 51.0. The van der Waals surface area contributed by atoms with Crippen LogP contribution in [0.2, 0.25) is 0 Å². The molecule has 2 atom stereocenters. The van der Waals surface area contributed by atoms with Crippen molar-refractivity contribution in [1.29, 1.82) is 0 Å². The number of benzene rings is 2. The van der Waals surface area contributed by atoms with Crippen molar-refractivity contribution in [2.75, 3.05) is 59.6 Å². The van der Waals surface area contributed by atoms with Crippen molar-refractivity contribution in [1.82, 2.24) is 15.1 Å². The molecule has 0 radical (unpaired) electrons. The molecule has 4 heterocycles. The third-order valence-corrected chi connectivity index (χ3v) is 9.75. The summed E-state index contributed by atoms with van der Waals surface area (Å²) in [4.78, 5) is 38.8. The van der Waals surface area contributed by atoms with Crippen molar-refractivity contribution in [2.24, 2.45) is 0 Å². The summed E-state index contributed by atoms with van der Waals surface area (Å²) < 4.78 is 15.5. The molecule has 0 aromatic heterocycles. The van der Waals surface area contributed by atoms with Crippen LogP contribution in [0.3, 0.4) is 0 Å². The number of aliphatic hydroxyl groups is 3. The molecule has 4 fully saturated rings. The largest absolute Gasteiger partial charge is 2.00 e. The van der Waals surface area contributed by atoms with Gasteiger partial charge in [0.25, 0.3) is 0 Å². The number of likely N-dealkylation sites (tertiary alicyclic amines) is 2. The van der Waals surface area contributed by atoms with E-state index in [1.807, 2.05) is 67.6 Å². The van der Waals surface area contributed by atoms with Crippen molar-refractivity contribution < 1.29 is 92.3 Å². The molecule has 4 aliphatic rings. The molecule has 2 aromatic carbocycles. The Morgan fingerprint density at radius 3 is 1.63 bits per heavy atom. The molecule has 2 unspecified atom stereocenters. The molecule has 2 aromatic rings. The number of halogens is 1. The number of Topliss-reactive ketones (excluding diaryl/α,β-unsaturated/α-hetero) is 1. The molecule has 0 spiro atoms. The Bertz CT molecular complexity index is 1330. The Balaban J connectivity index is -0.000000176. The van der Waals surface area contributed by atoms with Gasteiger partial charge in [-0.2, -0.15) is 0 Å². The fraction of sp³-hybridized carbons (Fsp3) is 0.652. The zero-order valence-electron chi connectivity index (χ0n) is 37.8. The number of nitrogens with zero attached hydrogens (tertiary/aromatic N) is 2. The van der Waals surface area contributed by atoms with Crippen LogP contribution in [0.4, 0.5) is 9.59 Å². The van der Waals surface area contributed by atoms with E-state index in [1.165, 1.54) is 37.0 Å². The molecular formula is C46H82BrMgN3O11Pd. The fourth-order valence-corrected chi connectivity index (χ4v) is 6.55. The molecule has 6 rings (SSSR count). The van der Waals surface area contributed by atoms with E-state index in [2.05, 4.69) is 5.32 Å². The molecule has 8 N–H and O–H groups in total. The molecule has 17 heteroatoms. The third kappa shape index (κ3) is 36.1. The zero-order valence-corrected chi connectivity index (χ0v) is 42.4. The Morgan fingerprint density at radius 2 is 1.14 bits per heavy atom. The number of ketones is 1. The van der Waals surface area contributed by atoms with Crippen molar-refractivity contribution in [2.45, 2.75) is 136 Å². The molecule has 4 saturated heterocycles. The maximum atomic E-state index is 12.1. The number of rotatable bonds is 4. The van der Waals surface area contributed by atoms with Gasteiger partial charge in [-0.1, -0.05) is 100 Å². The van der Waals surface area contributed by atoms with Gasteiger partial charge in [0.1, 0.15) is 13.2 Å². The van der Waals surface area contributed by atoms with Crippen LogP contribution in [0, 0.1) is 7.43 Å². The van der Waals surface area contributed by atoms with Gasteiger partial charge in [-0.05, 0) is 82.9 Å². The van der Waals surface area contributed by atoms with Gasteiger partial charge < -0.3 is 80.0 Å². The second-order valence-corrected chi connectivity index (χ2v) is 15.4. The van der Waals surface area contributed by atoms with E-state index in [-0.39, 0.29) is 124 Å². The number of hydrogen-bond donors (Lipinski definition) is 4. The summed E-state index contributed by atoms with van der Waals surface area (Å²) in [7, 11) is 1.00. The molecule has 2 amide bonds. The van der Waals surface area contributed by atoms with Crippen molar-refractivity contribution in [3.63, 3.8) is 0 Å². The average Bonchev–Trinajstić information content (AvgIpc) is 3.78. The number of β-amino-alcohol motifs (C(OH)–C–C–N with tert-alkyl or cyclic N) is 2. The molecule has 0 bridgehead atoms. The molecule has 14 nitrogen and oxygen atoms in total. The normalized spacial score (nSPS) is 20.4. The van der Waals surface area contributed by atoms with Gasteiger partial charge in [0, 0.05) is 66.8 Å². The predicted molar refractivity (Wildman–Crippen MR) is 245 cm³/mol. The smallest absolute Gasteiger partial charge is 1.00 e. The van der Waals surface area contributed by atoms with E-state index in [9.17, 15) is 24.6 Å². The van der Waals surface area contributed by atoms with Gasteiger partial charge >= 0.3 is 35.2 Å². The minimum Gasteiger partial charge on any atom is -1.00 e. The summed E-state index contributed by atoms with van der Waals surface area (Å²) in [5.41, 5.74) is 0.654. The molecule has 0 aliphatic carbocycles. The van der Waals surface area contributed by atoms with Crippen LogP contribution < -0.4 is 22.3 Å². The first-order valence-corrected chi connectivity index (χ1v) is 20.6. The molecule has 366 valence electrons. The summed E-state index contributed by atoms with van der Waals surface area (Å²) in [5.74, 6) is 0.122. The van der Waals surface area contributed by atoms with E-state index in [0.29, 0.717) is 26.1 Å². The van der Waals surface area contributed by atoms with E-state index in [1.54, 1.807) is 11.8 Å². The summed E-state index contributed by atoms with van der Waals surface area (Å²) >= 11 is 0. The van der Waals surface area contributed by atoms with Crippen LogP contribution in [0.25, 0.3) is 0 Å². The Morgan fingerprint density at radius 1 is 0.698 bits per heavy atom. The van der Waals surface area contributed by atoms with Gasteiger partial charge in [-0.15, -0.1) is 0 Å². The summed E-state index contributed by atoms with van der Waals surface area (Å²) in [5, 5.41) is 30.1. The maximum absolute atomic E-state index is 12.1. The van der Waals surface area contributed by atoms with Gasteiger partial charge in [0.2, 0.25) is 0 Å². The molecule has 4 aliphatic heterocycles. The quantitative estimate of drug-likeness (QED) is 0.259. The number of aliphatic hydroxyl groups excluding tert-OH is 1. The van der Waals surface area contributed by atoms with Crippen LogP contribution in [0.1, 0.15) is 122 Å². The summed E-state index contributed by atoms with van der Waals surface area (Å²) in [6, 6.07) is 19.2. The van der Waals surface area contributed by atoms with Crippen molar-refractivity contribution in [3.05, 3.63) is 79.2 Å². The minimum atomic E-state index is -0.813. The minimum absolute atomic E-state index is 0. The number of nitrogens with one attached hydrogen (secondary N) is 1. The Hall–Kier alpha value is -1.72. The average molecular weight is 1060 g/mol. The first-order chi connectivity index (χ1) is 27.0. The Labute approximate surface area is 420 Å². The molecular weight excluding hydrogens is 981 g/mol. The molecule has 0 saturated carbocycles. The van der Waals surface area contributed by atoms with Gasteiger partial charge in [-0.3, -0.25) is 4.79 Å². The van der Waals surface area contributed by atoms with Crippen LogP contribution in [-0.4, -0.2) is 148 Å². The topological polar surface area (TPSA) is 221 Å². The van der Waals surface area contributed by atoms with E-state index in [0.717, 1.165) is 95.9 Å². The van der Waals surface area contributed by atoms with Crippen LogP contribution in [0.15, 0.2) is 60.7 Å². The standard InChI is InChI=1S/C16H23NO3.C15H19NO3.C8H17NO.C4H8O.CH4O.CH4.CH3.BrH.Mg.2H2O.Pd/c1-16(19)10-6-3-7-11-17(13-16)15(18)20-12-14-8-4-2-5-9-14;17-14-9-5-2-6-10-16(11-14)15(18)19-12-13-7-3-1-4-8-13;1-8(10)5-3-2-4-6-9-7-8;1-2-4-5-3-1;1-2;;;;;;;/h2,4-5,8-9,19H,3,6-7,10-13H2,1H3;1,3-4,7-8H,2,5-6,9-12H2;9-10H,2-7H2,1H3;1-4H2;2H,1H3;1H4;1H3;1H;;2*1H2;/q;;;;;;-1;;+2;;;/p-1. The number of carbonyl (C=O) groups is 3. The second kappa shape index (κ2) is 44.1. The number of hydrogen-bond acceptors (Lipinski definition) is 10. The predicted octanol–water partition coefficient (Wildman–Crippen LogP) is 3.08. The SMILES string of the molecule is C.C1CCOC1.CC1(O)CCCCCN(C(=O)OCc2ccccc2)C1.CC1(O)CCCCCNC1.CO.O.O.O=C1CCCCCN(C(=O)OCc2ccccc2)C1.[Br-].[CH3-].[Mg+2].[Pd]. The van der Waals surface area contributed by atoms with Crippen LogP contribution in [0.5, 0.6) is 0 Å². The van der Waals surface area contributed by atoms with Crippen LogP contribution >= 0.6 is 0 Å². The first kappa shape index (κ1) is 72.9. The van der Waals surface area contributed by atoms with E-state index >= 15 is 0 Å². The van der Waals surface area contributed by atoms with Crippen molar-refractivity contribution in [3.8, 4) is 0 Å². The zero-order chi connectivity index (χ0) is 40.9. The second-order valence-electron chi connectivity index (χ2n) is 15.4. The van der Waals surface area contributed by atoms with Gasteiger partial charge in [-0.25, -0.2) is 9.59 Å². The van der Waals surface area contributed by atoms with Gasteiger partial charge in [0.05, 0.1) is 24.3 Å². The third-order valence-electron chi connectivity index (χ3n) is 9.75. The fourth-order valence-electron chi connectivity index (χ4n) is 6.55. The first-order valence-electron chi connectivity index (χ1n) is 20.6. The monoisotopic (exact) mass is 1060 g/mol. The number of carbonyl (C=O) groups excluding carboxylic acids is 3. The number of amides is 2. The van der Waals surface area contributed by atoms with E-state index in [4.69, 9.17) is 19.3 Å². The van der Waals surface area contributed by atoms with Gasteiger partial charge in [0.15, 0.2) is 5.78 Å². The van der Waals surface area contributed by atoms with Crippen LogP contribution in [-0.2, 0) is 52.6 Å². The molecule has 63 heavy (non-hydrogen) atoms. The summed E-state index contributed by atoms with van der Waals surface area (Å²) in [6.45, 7) is 9.85. The van der Waals surface area contributed by atoms with E-state index < -0.39 is 11.2 Å². The van der Waals surface area contributed by atoms with Crippen molar-refractivity contribution >= 4 is 41.0 Å². The maximum Gasteiger partial charge on any atom is 2.00 e. The summed E-state index contributed by atoms with van der Waals surface area (Å²) in [6.07, 6.45) is 13.7. The number of ether oxygens (including phenoxy) is 3.